The number of methoxy groups -OCH3 is 1. The van der Waals surface area contributed by atoms with Crippen molar-refractivity contribution in [3.63, 3.8) is 0 Å². The fourth-order valence-corrected chi connectivity index (χ4v) is 5.26. The highest BCUT2D eigenvalue weighted by atomic mass is 32.1. The fraction of sp³-hybridized carbons (Fsp3) is 0.360. The molecule has 32 heavy (non-hydrogen) atoms. The summed E-state index contributed by atoms with van der Waals surface area (Å²) in [7, 11) is 1.71. The summed E-state index contributed by atoms with van der Waals surface area (Å²) in [6.07, 6.45) is 1.00. The second-order valence-corrected chi connectivity index (χ2v) is 9.34. The van der Waals surface area contributed by atoms with E-state index in [2.05, 4.69) is 39.0 Å². The van der Waals surface area contributed by atoms with Crippen LogP contribution in [0.5, 0.6) is 5.75 Å². The van der Waals surface area contributed by atoms with Crippen LogP contribution in [0.25, 0.3) is 21.0 Å². The summed E-state index contributed by atoms with van der Waals surface area (Å²) in [5.74, 6) is 1.96. The number of nitrogens with one attached hydrogen (secondary N) is 1. The fourth-order valence-electron chi connectivity index (χ4n) is 4.49. The molecule has 166 valence electrons. The maximum absolute atomic E-state index is 12.0. The highest BCUT2D eigenvalue weighted by Gasteiger charge is 2.21. The van der Waals surface area contributed by atoms with Gasteiger partial charge in [0.25, 0.3) is 5.56 Å². The molecular weight excluding hydrogens is 420 g/mol. The van der Waals surface area contributed by atoms with Crippen molar-refractivity contribution in [1.29, 1.82) is 0 Å². The predicted octanol–water partition coefficient (Wildman–Crippen LogP) is 4.13. The Hall–Kier alpha value is -2.90. The van der Waals surface area contributed by atoms with Gasteiger partial charge in [-0.25, -0.2) is 0 Å². The zero-order valence-corrected chi connectivity index (χ0v) is 19.6. The van der Waals surface area contributed by atoms with Gasteiger partial charge >= 0.3 is 0 Å². The Bertz CT molecular complexity index is 1340. The first-order valence-corrected chi connectivity index (χ1v) is 11.8. The van der Waals surface area contributed by atoms with E-state index in [-0.39, 0.29) is 5.56 Å². The van der Waals surface area contributed by atoms with Gasteiger partial charge in [-0.1, -0.05) is 6.07 Å². The van der Waals surface area contributed by atoms with Crippen LogP contribution in [0.4, 0.5) is 5.82 Å². The average Bonchev–Trinajstić information content (AvgIpc) is 3.25. The summed E-state index contributed by atoms with van der Waals surface area (Å²) in [5, 5.41) is 2.33. The van der Waals surface area contributed by atoms with Crippen molar-refractivity contribution in [3.05, 3.63) is 63.4 Å². The molecule has 5 rings (SSSR count). The molecule has 7 heteroatoms. The van der Waals surface area contributed by atoms with Crippen LogP contribution in [0.3, 0.4) is 0 Å². The molecule has 0 unspecified atom stereocenters. The van der Waals surface area contributed by atoms with Crippen molar-refractivity contribution in [3.8, 4) is 5.75 Å². The first kappa shape index (κ1) is 21.0. The molecule has 0 bridgehead atoms. The lowest BCUT2D eigenvalue weighted by molar-refractivity contribution is 0.261. The van der Waals surface area contributed by atoms with Crippen LogP contribution >= 0.6 is 11.5 Å². The number of fused-ring (bicyclic) bond motifs is 2. The van der Waals surface area contributed by atoms with E-state index >= 15 is 0 Å². The second-order valence-electron chi connectivity index (χ2n) is 8.53. The molecule has 0 saturated carbocycles. The molecule has 1 fully saturated rings. The molecule has 2 aromatic carbocycles. The highest BCUT2D eigenvalue weighted by molar-refractivity contribution is 7.13. The quantitative estimate of drug-likeness (QED) is 0.498. The third-order valence-electron chi connectivity index (χ3n) is 6.69. The normalized spacial score (nSPS) is 15.0. The minimum absolute atomic E-state index is 0.00644. The Morgan fingerprint density at radius 2 is 1.84 bits per heavy atom. The standard InChI is InChI=1S/C25H28N4O2S/c1-16-17(2)25(30)26-22-6-4-18(14-20(16)22)8-9-28-10-12-29(13-11-28)24-21-15-19(31-3)5-7-23(21)32-27-24/h4-7,14-15H,8-13H2,1-3H3,(H,26,30). The molecule has 0 spiro atoms. The first-order chi connectivity index (χ1) is 15.5. The third kappa shape index (κ3) is 3.87. The predicted molar refractivity (Wildman–Crippen MR) is 133 cm³/mol. The summed E-state index contributed by atoms with van der Waals surface area (Å²) >= 11 is 1.56. The van der Waals surface area contributed by atoms with Crippen molar-refractivity contribution in [2.45, 2.75) is 20.3 Å². The van der Waals surface area contributed by atoms with Gasteiger partial charge in [0.2, 0.25) is 0 Å². The Morgan fingerprint density at radius 3 is 2.62 bits per heavy atom. The lowest BCUT2D eigenvalue weighted by atomic mass is 10.0. The maximum Gasteiger partial charge on any atom is 0.251 e. The van der Waals surface area contributed by atoms with Crippen LogP contribution in [0.15, 0.2) is 41.2 Å². The van der Waals surface area contributed by atoms with Crippen LogP contribution < -0.4 is 15.2 Å². The van der Waals surface area contributed by atoms with Gasteiger partial charge in [-0.15, -0.1) is 0 Å². The number of H-pyrrole nitrogens is 1. The molecule has 1 aliphatic rings. The number of aromatic nitrogens is 2. The number of hydrogen-bond donors (Lipinski definition) is 1. The van der Waals surface area contributed by atoms with Crippen LogP contribution in [0, 0.1) is 13.8 Å². The molecule has 0 radical (unpaired) electrons. The van der Waals surface area contributed by atoms with Gasteiger partial charge in [0.15, 0.2) is 0 Å². The Kier molecular flexibility index (Phi) is 5.61. The molecule has 1 saturated heterocycles. The van der Waals surface area contributed by atoms with E-state index in [1.807, 2.05) is 26.0 Å². The molecular formula is C25H28N4O2S. The van der Waals surface area contributed by atoms with E-state index in [1.54, 1.807) is 18.6 Å². The molecule has 6 nitrogen and oxygen atoms in total. The molecule has 0 amide bonds. The lowest BCUT2D eigenvalue weighted by Crippen LogP contribution is -2.47. The van der Waals surface area contributed by atoms with Crippen LogP contribution in [-0.2, 0) is 6.42 Å². The van der Waals surface area contributed by atoms with E-state index in [0.717, 1.165) is 72.7 Å². The molecule has 4 aromatic rings. The van der Waals surface area contributed by atoms with E-state index in [4.69, 9.17) is 9.11 Å². The number of anilines is 1. The van der Waals surface area contributed by atoms with Crippen molar-refractivity contribution in [2.24, 2.45) is 0 Å². The zero-order valence-electron chi connectivity index (χ0n) is 18.8. The van der Waals surface area contributed by atoms with Gasteiger partial charge < -0.3 is 14.6 Å². The van der Waals surface area contributed by atoms with E-state index < -0.39 is 0 Å². The number of hydrogen-bond acceptors (Lipinski definition) is 6. The van der Waals surface area contributed by atoms with Gasteiger partial charge in [-0.05, 0) is 73.3 Å². The topological polar surface area (TPSA) is 61.5 Å². The van der Waals surface area contributed by atoms with Crippen LogP contribution in [0.2, 0.25) is 0 Å². The maximum atomic E-state index is 12.0. The van der Waals surface area contributed by atoms with E-state index in [1.165, 1.54) is 15.6 Å². The number of benzene rings is 2. The summed E-state index contributed by atoms with van der Waals surface area (Å²) in [5.41, 5.74) is 4.12. The van der Waals surface area contributed by atoms with E-state index in [0.29, 0.717) is 0 Å². The van der Waals surface area contributed by atoms with Crippen molar-refractivity contribution >= 4 is 38.3 Å². The number of aryl methyl sites for hydroxylation is 1. The number of rotatable bonds is 5. The van der Waals surface area contributed by atoms with Gasteiger partial charge in [-0.3, -0.25) is 9.69 Å². The van der Waals surface area contributed by atoms with Crippen molar-refractivity contribution in [2.75, 3.05) is 44.7 Å². The number of pyridine rings is 1. The number of aromatic amines is 1. The summed E-state index contributed by atoms with van der Waals surface area (Å²) in [6, 6.07) is 12.6. The SMILES string of the molecule is COc1ccc2snc(N3CCN(CCc4ccc5[nH]c(=O)c(C)c(C)c5c4)CC3)c2c1. The van der Waals surface area contributed by atoms with Crippen LogP contribution in [-0.4, -0.2) is 54.1 Å². The van der Waals surface area contributed by atoms with Crippen molar-refractivity contribution < 1.29 is 4.74 Å². The van der Waals surface area contributed by atoms with Gasteiger partial charge in [0, 0.05) is 54.6 Å². The monoisotopic (exact) mass is 448 g/mol. The summed E-state index contributed by atoms with van der Waals surface area (Å²) in [4.78, 5) is 19.9. The first-order valence-electron chi connectivity index (χ1n) is 11.1. The Labute approximate surface area is 191 Å². The van der Waals surface area contributed by atoms with E-state index in [9.17, 15) is 4.79 Å². The molecule has 2 aromatic heterocycles. The third-order valence-corrected chi connectivity index (χ3v) is 7.50. The molecule has 0 aliphatic carbocycles. The second kappa shape index (κ2) is 8.56. The largest absolute Gasteiger partial charge is 0.497 e. The summed E-state index contributed by atoms with van der Waals surface area (Å²) in [6.45, 7) is 8.98. The highest BCUT2D eigenvalue weighted by Crippen LogP contribution is 2.33. The minimum atomic E-state index is 0.00644. The average molecular weight is 449 g/mol. The zero-order chi connectivity index (χ0) is 22.2. The lowest BCUT2D eigenvalue weighted by Gasteiger charge is -2.35. The molecule has 1 N–H and O–H groups in total. The Balaban J connectivity index is 1.24. The molecule has 3 heterocycles. The Morgan fingerprint density at radius 1 is 1.03 bits per heavy atom. The molecule has 0 atom stereocenters. The number of ether oxygens (including phenoxy) is 1. The molecule has 1 aliphatic heterocycles. The minimum Gasteiger partial charge on any atom is -0.497 e. The van der Waals surface area contributed by atoms with Crippen molar-refractivity contribution in [1.82, 2.24) is 14.3 Å². The van der Waals surface area contributed by atoms with Gasteiger partial charge in [-0.2, -0.15) is 4.37 Å². The van der Waals surface area contributed by atoms with Crippen LogP contribution in [0.1, 0.15) is 16.7 Å². The number of piperazine rings is 1. The summed E-state index contributed by atoms with van der Waals surface area (Å²) < 4.78 is 11.3. The number of nitrogens with zero attached hydrogens (tertiary/aromatic N) is 3. The smallest absolute Gasteiger partial charge is 0.251 e. The van der Waals surface area contributed by atoms with Gasteiger partial charge in [0.05, 0.1) is 11.8 Å². The van der Waals surface area contributed by atoms with Gasteiger partial charge in [0.1, 0.15) is 11.6 Å².